The number of fused-ring (bicyclic) bond motifs is 1. The van der Waals surface area contributed by atoms with Gasteiger partial charge in [0.05, 0.1) is 11.9 Å². The van der Waals surface area contributed by atoms with E-state index in [-0.39, 0.29) is 5.62 Å². The van der Waals surface area contributed by atoms with Crippen LogP contribution in [-0.2, 0) is 0 Å². The fourth-order valence-corrected chi connectivity index (χ4v) is 3.85. The molecule has 0 aliphatic carbocycles. The van der Waals surface area contributed by atoms with Crippen LogP contribution in [0.3, 0.4) is 0 Å². The second-order valence-electron chi connectivity index (χ2n) is 7.81. The lowest BCUT2D eigenvalue weighted by atomic mass is 9.98. The molecule has 4 rings (SSSR count). The van der Waals surface area contributed by atoms with Gasteiger partial charge in [0.1, 0.15) is 5.82 Å². The first-order valence-electron chi connectivity index (χ1n) is 10.1. The van der Waals surface area contributed by atoms with Crippen LogP contribution in [0.4, 0.5) is 11.5 Å². The van der Waals surface area contributed by atoms with Crippen molar-refractivity contribution >= 4 is 40.3 Å². The van der Waals surface area contributed by atoms with E-state index in [2.05, 4.69) is 55.2 Å². The molecular weight excluding hydrogens is 406 g/mol. The van der Waals surface area contributed by atoms with Gasteiger partial charge in [0.15, 0.2) is 0 Å². The van der Waals surface area contributed by atoms with Crippen LogP contribution in [0.15, 0.2) is 66.7 Å². The standard InChI is InChI=1S/C25H24ClN5/c1-16(2)17-7-9-18(10-8-17)19-5-4-6-21(13-19)30(3)24-22-12-11-20(26)14-23(22)31(15-27)25(28)29-24/h4-16,27-28H,1-3H3. The number of benzene rings is 3. The third-order valence-corrected chi connectivity index (χ3v) is 5.73. The van der Waals surface area contributed by atoms with E-state index in [1.54, 1.807) is 12.1 Å². The molecule has 3 aromatic carbocycles. The summed E-state index contributed by atoms with van der Waals surface area (Å²) in [5, 5.41) is 17.3. The zero-order valence-electron chi connectivity index (χ0n) is 17.7. The first kappa shape index (κ1) is 20.8. The van der Waals surface area contributed by atoms with E-state index in [1.165, 1.54) is 10.1 Å². The van der Waals surface area contributed by atoms with Gasteiger partial charge >= 0.3 is 0 Å². The molecule has 0 spiro atoms. The minimum Gasteiger partial charge on any atom is -0.329 e. The molecule has 31 heavy (non-hydrogen) atoms. The van der Waals surface area contributed by atoms with Crippen LogP contribution < -0.4 is 10.5 Å². The number of aromatic nitrogens is 2. The van der Waals surface area contributed by atoms with Crippen molar-refractivity contribution in [1.82, 2.24) is 9.55 Å². The lowest BCUT2D eigenvalue weighted by Gasteiger charge is -2.22. The van der Waals surface area contributed by atoms with Gasteiger partial charge in [-0.15, -0.1) is 0 Å². The van der Waals surface area contributed by atoms with Crippen LogP contribution >= 0.6 is 11.6 Å². The van der Waals surface area contributed by atoms with Gasteiger partial charge in [-0.2, -0.15) is 4.98 Å². The van der Waals surface area contributed by atoms with Crippen molar-refractivity contribution in [2.45, 2.75) is 19.8 Å². The number of rotatable bonds is 5. The molecule has 0 unspecified atom stereocenters. The van der Waals surface area contributed by atoms with Gasteiger partial charge in [0.25, 0.3) is 0 Å². The maximum Gasteiger partial charge on any atom is 0.229 e. The Kier molecular flexibility index (Phi) is 5.61. The SMILES string of the molecule is CC(C)c1ccc(-c2cccc(N(C)c3nc(=N)n(C=N)c4cc(Cl)ccc34)c2)cc1. The average molecular weight is 430 g/mol. The Bertz CT molecular complexity index is 1320. The Hall–Kier alpha value is -3.44. The van der Waals surface area contributed by atoms with Crippen LogP contribution in [0.25, 0.3) is 22.0 Å². The fourth-order valence-electron chi connectivity index (χ4n) is 3.68. The molecule has 156 valence electrons. The maximum absolute atomic E-state index is 8.28. The molecule has 0 aliphatic rings. The van der Waals surface area contributed by atoms with Crippen LogP contribution in [0.2, 0.25) is 5.02 Å². The van der Waals surface area contributed by atoms with Crippen molar-refractivity contribution < 1.29 is 0 Å². The molecule has 0 atom stereocenters. The highest BCUT2D eigenvalue weighted by Crippen LogP contribution is 2.32. The summed E-state index contributed by atoms with van der Waals surface area (Å²) < 4.78 is 1.41. The quantitative estimate of drug-likeness (QED) is 0.293. The summed E-state index contributed by atoms with van der Waals surface area (Å²) in [6.07, 6.45) is 1.08. The number of hydrogen-bond acceptors (Lipinski definition) is 4. The van der Waals surface area contributed by atoms with Gasteiger partial charge < -0.3 is 4.90 Å². The van der Waals surface area contributed by atoms with E-state index in [1.807, 2.05) is 30.1 Å². The van der Waals surface area contributed by atoms with E-state index >= 15 is 0 Å². The minimum atomic E-state index is -0.0213. The lowest BCUT2D eigenvalue weighted by molar-refractivity contribution is 0.867. The first-order chi connectivity index (χ1) is 14.9. The summed E-state index contributed by atoms with van der Waals surface area (Å²) in [5.74, 6) is 1.14. The van der Waals surface area contributed by atoms with E-state index in [0.29, 0.717) is 22.3 Å². The Labute approximate surface area is 186 Å². The van der Waals surface area contributed by atoms with E-state index in [9.17, 15) is 0 Å². The highest BCUT2D eigenvalue weighted by atomic mass is 35.5. The van der Waals surface area contributed by atoms with Gasteiger partial charge in [-0.05, 0) is 52.9 Å². The average Bonchev–Trinajstić information content (AvgIpc) is 2.78. The van der Waals surface area contributed by atoms with Gasteiger partial charge in [0.2, 0.25) is 5.62 Å². The molecule has 2 N–H and O–H groups in total. The van der Waals surface area contributed by atoms with Gasteiger partial charge in [-0.1, -0.05) is 61.8 Å². The smallest absolute Gasteiger partial charge is 0.229 e. The van der Waals surface area contributed by atoms with Crippen molar-refractivity contribution in [3.63, 3.8) is 0 Å². The lowest BCUT2D eigenvalue weighted by Crippen LogP contribution is -2.26. The van der Waals surface area contributed by atoms with Crippen molar-refractivity contribution in [3.05, 3.63) is 82.9 Å². The summed E-state index contributed by atoms with van der Waals surface area (Å²) in [5.41, 5.74) is 5.19. The largest absolute Gasteiger partial charge is 0.329 e. The molecular formula is C25H24ClN5. The Balaban J connectivity index is 1.80. The molecule has 5 nitrogen and oxygen atoms in total. The van der Waals surface area contributed by atoms with Crippen LogP contribution in [0, 0.1) is 10.8 Å². The van der Waals surface area contributed by atoms with Crippen LogP contribution in [0.1, 0.15) is 25.3 Å². The zero-order valence-corrected chi connectivity index (χ0v) is 18.5. The summed E-state index contributed by atoms with van der Waals surface area (Å²) in [4.78, 5) is 6.44. The topological polar surface area (TPSA) is 68.8 Å². The van der Waals surface area contributed by atoms with Crippen molar-refractivity contribution in [3.8, 4) is 11.1 Å². The normalized spacial score (nSPS) is 11.1. The van der Waals surface area contributed by atoms with Crippen molar-refractivity contribution in [2.75, 3.05) is 11.9 Å². The summed E-state index contributed by atoms with van der Waals surface area (Å²) in [6, 6.07) is 22.4. The third-order valence-electron chi connectivity index (χ3n) is 5.49. The van der Waals surface area contributed by atoms with Gasteiger partial charge in [-0.25, -0.2) is 0 Å². The minimum absolute atomic E-state index is 0.0213. The summed E-state index contributed by atoms with van der Waals surface area (Å²) in [6.45, 7) is 4.38. The molecule has 0 saturated heterocycles. The summed E-state index contributed by atoms with van der Waals surface area (Å²) >= 11 is 6.18. The highest BCUT2D eigenvalue weighted by Gasteiger charge is 2.14. The second kappa shape index (κ2) is 8.36. The first-order valence-corrected chi connectivity index (χ1v) is 10.5. The Morgan fingerprint density at radius 3 is 2.42 bits per heavy atom. The number of hydrogen-bond donors (Lipinski definition) is 2. The number of anilines is 2. The third kappa shape index (κ3) is 3.97. The van der Waals surface area contributed by atoms with Crippen LogP contribution in [-0.4, -0.2) is 22.9 Å². The molecule has 1 aromatic heterocycles. The molecule has 0 amide bonds. The molecule has 4 aromatic rings. The second-order valence-corrected chi connectivity index (χ2v) is 8.24. The zero-order chi connectivity index (χ0) is 22.1. The number of halogens is 1. The van der Waals surface area contributed by atoms with Crippen molar-refractivity contribution in [2.24, 2.45) is 0 Å². The van der Waals surface area contributed by atoms with E-state index < -0.39 is 0 Å². The van der Waals surface area contributed by atoms with E-state index in [4.69, 9.17) is 22.4 Å². The monoisotopic (exact) mass is 429 g/mol. The predicted octanol–water partition coefficient (Wildman–Crippen LogP) is 6.18. The maximum atomic E-state index is 8.28. The van der Waals surface area contributed by atoms with Crippen molar-refractivity contribution in [1.29, 1.82) is 10.8 Å². The molecule has 0 bridgehead atoms. The molecule has 6 heteroatoms. The molecule has 1 heterocycles. The molecule has 0 fully saturated rings. The number of nitrogens with zero attached hydrogens (tertiary/aromatic N) is 3. The highest BCUT2D eigenvalue weighted by molar-refractivity contribution is 6.31. The van der Waals surface area contributed by atoms with Gasteiger partial charge in [-0.3, -0.25) is 15.4 Å². The Morgan fingerprint density at radius 1 is 1.00 bits per heavy atom. The van der Waals surface area contributed by atoms with Gasteiger partial charge in [0, 0.05) is 23.1 Å². The number of nitrogens with one attached hydrogen (secondary N) is 2. The fraction of sp³-hybridized carbons (Fsp3) is 0.160. The molecule has 0 aliphatic heterocycles. The predicted molar refractivity (Wildman–Crippen MR) is 129 cm³/mol. The molecule has 0 radical (unpaired) electrons. The summed E-state index contributed by atoms with van der Waals surface area (Å²) in [7, 11) is 1.94. The van der Waals surface area contributed by atoms with E-state index in [0.717, 1.165) is 28.5 Å². The molecule has 0 saturated carbocycles. The Morgan fingerprint density at radius 2 is 1.74 bits per heavy atom. The van der Waals surface area contributed by atoms with Crippen LogP contribution in [0.5, 0.6) is 0 Å².